The van der Waals surface area contributed by atoms with Crippen LogP contribution < -0.4 is 11.1 Å². The summed E-state index contributed by atoms with van der Waals surface area (Å²) in [5.41, 5.74) is 6.81. The van der Waals surface area contributed by atoms with E-state index in [0.29, 0.717) is 11.1 Å². The Bertz CT molecular complexity index is 692. The molecule has 4 nitrogen and oxygen atoms in total. The lowest BCUT2D eigenvalue weighted by Gasteiger charge is -2.11. The van der Waals surface area contributed by atoms with E-state index in [1.807, 2.05) is 0 Å². The monoisotopic (exact) mass is 355 g/mol. The summed E-state index contributed by atoms with van der Waals surface area (Å²) in [5.74, 6) is -1.19. The number of hydrogen-bond acceptors (Lipinski definition) is 3. The predicted octanol–water partition coefficient (Wildman–Crippen LogP) is 3.43. The quantitative estimate of drug-likeness (QED) is 0.258. The zero-order valence-electron chi connectivity index (χ0n) is 10.8. The van der Waals surface area contributed by atoms with Crippen LogP contribution in [0.1, 0.15) is 11.1 Å². The number of oxime groups is 1. The van der Waals surface area contributed by atoms with Gasteiger partial charge in [-0.3, -0.25) is 0 Å². The minimum absolute atomic E-state index is 0.0324. The first kappa shape index (κ1) is 15.2. The minimum Gasteiger partial charge on any atom is -0.409 e. The number of hydrogen-bond donors (Lipinski definition) is 3. The highest BCUT2D eigenvalue weighted by Crippen LogP contribution is 2.24. The summed E-state index contributed by atoms with van der Waals surface area (Å²) in [6.07, 6.45) is 0. The van der Waals surface area contributed by atoms with E-state index < -0.39 is 11.6 Å². The van der Waals surface area contributed by atoms with Crippen LogP contribution >= 0.6 is 15.9 Å². The van der Waals surface area contributed by atoms with E-state index in [1.54, 1.807) is 24.3 Å². The molecule has 21 heavy (non-hydrogen) atoms. The van der Waals surface area contributed by atoms with Crippen LogP contribution in [0.4, 0.5) is 14.5 Å². The lowest BCUT2D eigenvalue weighted by molar-refractivity contribution is 0.318. The van der Waals surface area contributed by atoms with E-state index >= 15 is 0 Å². The van der Waals surface area contributed by atoms with Gasteiger partial charge in [-0.05, 0) is 27.6 Å². The van der Waals surface area contributed by atoms with Crippen LogP contribution in [-0.2, 0) is 6.54 Å². The molecule has 0 aromatic heterocycles. The van der Waals surface area contributed by atoms with Crippen molar-refractivity contribution in [1.82, 2.24) is 0 Å². The van der Waals surface area contributed by atoms with Gasteiger partial charge in [-0.1, -0.05) is 29.4 Å². The van der Waals surface area contributed by atoms with E-state index in [1.165, 1.54) is 0 Å². The fourth-order valence-corrected chi connectivity index (χ4v) is 2.14. The molecule has 0 unspecified atom stereocenters. The van der Waals surface area contributed by atoms with Crippen LogP contribution in [0.2, 0.25) is 0 Å². The van der Waals surface area contributed by atoms with Gasteiger partial charge in [-0.2, -0.15) is 0 Å². The zero-order chi connectivity index (χ0) is 15.4. The van der Waals surface area contributed by atoms with Crippen LogP contribution in [0, 0.1) is 11.6 Å². The van der Waals surface area contributed by atoms with Crippen molar-refractivity contribution in [2.75, 3.05) is 5.32 Å². The van der Waals surface area contributed by atoms with Gasteiger partial charge < -0.3 is 16.3 Å². The standard InChI is InChI=1S/C14H12BrF2N3O/c15-10-5-12(17)13(6-11(10)16)19-7-8-3-1-2-4-9(8)14(18)20-21/h1-6,19,21H,7H2,(H2,18,20). The zero-order valence-corrected chi connectivity index (χ0v) is 12.4. The molecule has 0 atom stereocenters. The van der Waals surface area contributed by atoms with Gasteiger partial charge in [0.15, 0.2) is 5.84 Å². The minimum atomic E-state index is -0.579. The van der Waals surface area contributed by atoms with Crippen LogP contribution in [-0.4, -0.2) is 11.0 Å². The Hall–Kier alpha value is -2.15. The van der Waals surface area contributed by atoms with Gasteiger partial charge in [0.25, 0.3) is 0 Å². The molecular weight excluding hydrogens is 344 g/mol. The van der Waals surface area contributed by atoms with Gasteiger partial charge in [0.2, 0.25) is 0 Å². The highest BCUT2D eigenvalue weighted by atomic mass is 79.9. The van der Waals surface area contributed by atoms with Crippen LogP contribution in [0.5, 0.6) is 0 Å². The molecule has 2 rings (SSSR count). The molecule has 0 heterocycles. The predicted molar refractivity (Wildman–Crippen MR) is 80.3 cm³/mol. The largest absolute Gasteiger partial charge is 0.409 e. The summed E-state index contributed by atoms with van der Waals surface area (Å²) in [4.78, 5) is 0. The van der Waals surface area contributed by atoms with E-state index in [9.17, 15) is 8.78 Å². The third-order valence-corrected chi connectivity index (χ3v) is 3.49. The average Bonchev–Trinajstić information content (AvgIpc) is 2.49. The number of nitrogens with two attached hydrogens (primary N) is 1. The molecule has 0 aliphatic carbocycles. The molecule has 0 spiro atoms. The SMILES string of the molecule is N/C(=N/O)c1ccccc1CNc1cc(F)c(Br)cc1F. The number of nitrogens with zero attached hydrogens (tertiary/aromatic N) is 1. The van der Waals surface area contributed by atoms with Crippen molar-refractivity contribution in [3.63, 3.8) is 0 Å². The first-order valence-electron chi connectivity index (χ1n) is 5.97. The molecule has 0 saturated heterocycles. The second-order valence-corrected chi connectivity index (χ2v) is 5.10. The molecule has 2 aromatic carbocycles. The van der Waals surface area contributed by atoms with E-state index in [0.717, 1.165) is 12.1 Å². The molecular formula is C14H12BrF2N3O. The Balaban J connectivity index is 2.23. The Kier molecular flexibility index (Phi) is 4.74. The molecule has 0 aliphatic heterocycles. The topological polar surface area (TPSA) is 70.6 Å². The second kappa shape index (κ2) is 6.53. The Morgan fingerprint density at radius 3 is 2.67 bits per heavy atom. The van der Waals surface area contributed by atoms with Crippen LogP contribution in [0.15, 0.2) is 46.0 Å². The number of anilines is 1. The highest BCUT2D eigenvalue weighted by Gasteiger charge is 2.10. The molecule has 0 bridgehead atoms. The molecule has 0 radical (unpaired) electrons. The third kappa shape index (κ3) is 3.49. The summed E-state index contributed by atoms with van der Waals surface area (Å²) < 4.78 is 27.2. The molecule has 4 N–H and O–H groups in total. The number of halogens is 3. The maximum atomic E-state index is 13.7. The van der Waals surface area contributed by atoms with Crippen molar-refractivity contribution < 1.29 is 14.0 Å². The van der Waals surface area contributed by atoms with Gasteiger partial charge in [0.05, 0.1) is 10.2 Å². The van der Waals surface area contributed by atoms with Crippen molar-refractivity contribution in [2.24, 2.45) is 10.9 Å². The summed E-state index contributed by atoms with van der Waals surface area (Å²) in [7, 11) is 0. The molecule has 0 amide bonds. The summed E-state index contributed by atoms with van der Waals surface area (Å²) in [6, 6.07) is 9.02. The van der Waals surface area contributed by atoms with Gasteiger partial charge in [0.1, 0.15) is 11.6 Å². The Morgan fingerprint density at radius 2 is 1.95 bits per heavy atom. The summed E-state index contributed by atoms with van der Waals surface area (Å²) >= 11 is 2.91. The van der Waals surface area contributed by atoms with Gasteiger partial charge in [0, 0.05) is 18.2 Å². The average molecular weight is 356 g/mol. The molecule has 0 aliphatic rings. The molecule has 110 valence electrons. The van der Waals surface area contributed by atoms with E-state index in [4.69, 9.17) is 10.9 Å². The van der Waals surface area contributed by atoms with Crippen molar-refractivity contribution in [3.05, 3.63) is 63.6 Å². The van der Waals surface area contributed by atoms with Crippen LogP contribution in [0.3, 0.4) is 0 Å². The van der Waals surface area contributed by atoms with Gasteiger partial charge in [-0.25, -0.2) is 8.78 Å². The highest BCUT2D eigenvalue weighted by molar-refractivity contribution is 9.10. The lowest BCUT2D eigenvalue weighted by Crippen LogP contribution is -2.17. The number of benzene rings is 2. The Labute approximate surface area is 128 Å². The molecule has 0 saturated carbocycles. The number of amidine groups is 1. The first-order chi connectivity index (χ1) is 10.0. The van der Waals surface area contributed by atoms with Gasteiger partial charge in [-0.15, -0.1) is 0 Å². The fraction of sp³-hybridized carbons (Fsp3) is 0.0714. The van der Waals surface area contributed by atoms with Crippen LogP contribution in [0.25, 0.3) is 0 Å². The molecule has 7 heteroatoms. The number of rotatable bonds is 4. The first-order valence-corrected chi connectivity index (χ1v) is 6.76. The molecule has 2 aromatic rings. The van der Waals surface area contributed by atoms with Gasteiger partial charge >= 0.3 is 0 Å². The lowest BCUT2D eigenvalue weighted by atomic mass is 10.1. The molecule has 0 fully saturated rings. The van der Waals surface area contributed by atoms with E-state index in [-0.39, 0.29) is 22.5 Å². The second-order valence-electron chi connectivity index (χ2n) is 4.24. The van der Waals surface area contributed by atoms with Crippen molar-refractivity contribution in [2.45, 2.75) is 6.54 Å². The van der Waals surface area contributed by atoms with Crippen molar-refractivity contribution in [1.29, 1.82) is 0 Å². The normalized spacial score (nSPS) is 11.5. The maximum Gasteiger partial charge on any atom is 0.170 e. The van der Waals surface area contributed by atoms with Crippen molar-refractivity contribution >= 4 is 27.5 Å². The Morgan fingerprint density at radius 1 is 1.24 bits per heavy atom. The summed E-state index contributed by atoms with van der Waals surface area (Å²) in [5, 5.41) is 14.5. The summed E-state index contributed by atoms with van der Waals surface area (Å²) in [6.45, 7) is 0.199. The maximum absolute atomic E-state index is 13.7. The fourth-order valence-electron chi connectivity index (χ4n) is 1.83. The third-order valence-electron chi connectivity index (χ3n) is 2.88. The smallest absolute Gasteiger partial charge is 0.170 e. The van der Waals surface area contributed by atoms with Crippen molar-refractivity contribution in [3.8, 4) is 0 Å². The number of nitrogens with one attached hydrogen (secondary N) is 1. The van der Waals surface area contributed by atoms with E-state index in [2.05, 4.69) is 26.4 Å².